The van der Waals surface area contributed by atoms with E-state index >= 15 is 0 Å². The zero-order valence-electron chi connectivity index (χ0n) is 10.7. The molecule has 0 heterocycles. The van der Waals surface area contributed by atoms with Crippen molar-refractivity contribution >= 4 is 32.2 Å². The molecule has 0 spiro atoms. The molecule has 10 heteroatoms. The molecule has 1 atom stereocenters. The zero-order valence-corrected chi connectivity index (χ0v) is 12.4. The van der Waals surface area contributed by atoms with Crippen molar-refractivity contribution in [2.45, 2.75) is 11.3 Å². The minimum atomic E-state index is -3.77. The second kappa shape index (κ2) is 6.77. The van der Waals surface area contributed by atoms with Crippen molar-refractivity contribution in [2.24, 2.45) is 0 Å². The van der Waals surface area contributed by atoms with Crippen LogP contribution < -0.4 is 10.5 Å². The Morgan fingerprint density at radius 3 is 2.60 bits per heavy atom. The summed E-state index contributed by atoms with van der Waals surface area (Å²) >= 11 is 0. The van der Waals surface area contributed by atoms with Crippen LogP contribution in [0.2, 0.25) is 0 Å². The van der Waals surface area contributed by atoms with E-state index in [2.05, 4.69) is 4.72 Å². The number of anilines is 1. The Hall–Kier alpha value is -1.52. The average Bonchev–Trinajstić information content (AvgIpc) is 2.34. The summed E-state index contributed by atoms with van der Waals surface area (Å²) in [4.78, 5) is 9.76. The quantitative estimate of drug-likeness (QED) is 0.319. The monoisotopic (exact) mass is 321 g/mol. The summed E-state index contributed by atoms with van der Waals surface area (Å²) in [6.45, 7) is 0.138. The molecule has 0 saturated heterocycles. The Balaban J connectivity index is 2.80. The topological polar surface area (TPSA) is 132 Å². The lowest BCUT2D eigenvalue weighted by Crippen LogP contribution is -2.25. The molecule has 1 aromatic rings. The van der Waals surface area contributed by atoms with Crippen LogP contribution in [0.1, 0.15) is 6.42 Å². The van der Waals surface area contributed by atoms with Gasteiger partial charge in [0.1, 0.15) is 5.69 Å². The van der Waals surface area contributed by atoms with Crippen molar-refractivity contribution in [1.82, 2.24) is 4.72 Å². The van der Waals surface area contributed by atoms with Crippen molar-refractivity contribution in [3.8, 4) is 0 Å². The van der Waals surface area contributed by atoms with E-state index in [1.54, 1.807) is 0 Å². The smallest absolute Gasteiger partial charge is 0.292 e. The Morgan fingerprint density at radius 1 is 1.45 bits per heavy atom. The molecule has 0 bridgehead atoms. The SMILES string of the molecule is CS(=O)CCCNS(=O)(=O)c1ccc([N+](=O)[O-])c(N)c1. The number of nitrogen functional groups attached to an aromatic ring is 1. The van der Waals surface area contributed by atoms with Crippen LogP contribution in [0.4, 0.5) is 11.4 Å². The Kier molecular flexibility index (Phi) is 5.60. The maximum Gasteiger partial charge on any atom is 0.292 e. The second-order valence-electron chi connectivity index (χ2n) is 4.01. The molecule has 1 unspecified atom stereocenters. The van der Waals surface area contributed by atoms with E-state index in [0.29, 0.717) is 12.2 Å². The number of nitrogens with two attached hydrogens (primary N) is 1. The number of benzene rings is 1. The summed E-state index contributed by atoms with van der Waals surface area (Å²) in [5, 5.41) is 10.6. The fourth-order valence-corrected chi connectivity index (χ4v) is 3.09. The van der Waals surface area contributed by atoms with Gasteiger partial charge >= 0.3 is 0 Å². The first-order valence-electron chi connectivity index (χ1n) is 5.57. The van der Waals surface area contributed by atoms with Gasteiger partial charge in [0, 0.05) is 35.4 Å². The predicted octanol–water partition coefficient (Wildman–Crippen LogP) is 0.224. The number of sulfonamides is 1. The van der Waals surface area contributed by atoms with Crippen LogP contribution in [0.3, 0.4) is 0 Å². The molecule has 0 radical (unpaired) electrons. The molecule has 20 heavy (non-hydrogen) atoms. The minimum Gasteiger partial charge on any atom is -0.393 e. The van der Waals surface area contributed by atoms with Gasteiger partial charge in [-0.05, 0) is 18.6 Å². The summed E-state index contributed by atoms with van der Waals surface area (Å²) in [7, 11) is -4.75. The van der Waals surface area contributed by atoms with Gasteiger partial charge < -0.3 is 5.73 Å². The molecule has 0 saturated carbocycles. The lowest BCUT2D eigenvalue weighted by molar-refractivity contribution is -0.383. The van der Waals surface area contributed by atoms with Crippen LogP contribution in [-0.4, -0.2) is 36.1 Å². The number of nitro groups is 1. The van der Waals surface area contributed by atoms with Gasteiger partial charge in [-0.15, -0.1) is 0 Å². The molecule has 0 aliphatic heterocycles. The van der Waals surface area contributed by atoms with E-state index in [1.807, 2.05) is 0 Å². The Morgan fingerprint density at radius 2 is 2.10 bits per heavy atom. The summed E-state index contributed by atoms with van der Waals surface area (Å²) in [5.41, 5.74) is 4.88. The van der Waals surface area contributed by atoms with E-state index in [-0.39, 0.29) is 22.8 Å². The fourth-order valence-electron chi connectivity index (χ4n) is 1.43. The molecule has 0 fully saturated rings. The number of nitro benzene ring substituents is 1. The van der Waals surface area contributed by atoms with E-state index in [1.165, 1.54) is 6.26 Å². The third-order valence-electron chi connectivity index (χ3n) is 2.41. The number of hydrogen-bond donors (Lipinski definition) is 2. The highest BCUT2D eigenvalue weighted by molar-refractivity contribution is 7.89. The van der Waals surface area contributed by atoms with Crippen molar-refractivity contribution in [3.63, 3.8) is 0 Å². The summed E-state index contributed by atoms with van der Waals surface area (Å²) in [6.07, 6.45) is 1.97. The van der Waals surface area contributed by atoms with Gasteiger partial charge in [-0.3, -0.25) is 14.3 Å². The van der Waals surface area contributed by atoms with Crippen molar-refractivity contribution < 1.29 is 17.6 Å². The fraction of sp³-hybridized carbons (Fsp3) is 0.400. The molecule has 3 N–H and O–H groups in total. The Bertz CT molecular complexity index is 630. The average molecular weight is 321 g/mol. The highest BCUT2D eigenvalue weighted by Gasteiger charge is 2.18. The molecule has 0 aliphatic carbocycles. The van der Waals surface area contributed by atoms with Crippen LogP contribution in [0.25, 0.3) is 0 Å². The molecule has 1 rings (SSSR count). The number of rotatable bonds is 7. The normalized spacial score (nSPS) is 13.1. The van der Waals surface area contributed by atoms with Gasteiger partial charge in [0.15, 0.2) is 0 Å². The highest BCUT2D eigenvalue weighted by Crippen LogP contribution is 2.24. The summed E-state index contributed by atoms with van der Waals surface area (Å²) in [6, 6.07) is 3.21. The molecule has 0 aromatic heterocycles. The molecular weight excluding hydrogens is 306 g/mol. The first-order valence-corrected chi connectivity index (χ1v) is 8.78. The first-order chi connectivity index (χ1) is 9.24. The van der Waals surface area contributed by atoms with Gasteiger partial charge in [-0.1, -0.05) is 0 Å². The van der Waals surface area contributed by atoms with E-state index < -0.39 is 25.7 Å². The molecule has 112 valence electrons. The maximum atomic E-state index is 11.9. The van der Waals surface area contributed by atoms with Crippen molar-refractivity contribution in [2.75, 3.05) is 24.3 Å². The summed E-state index contributed by atoms with van der Waals surface area (Å²) in [5.74, 6) is 0.394. The van der Waals surface area contributed by atoms with E-state index in [4.69, 9.17) is 5.73 Å². The van der Waals surface area contributed by atoms with Crippen molar-refractivity contribution in [3.05, 3.63) is 28.3 Å². The Labute approximate surface area is 119 Å². The van der Waals surface area contributed by atoms with Crippen LogP contribution in [0.15, 0.2) is 23.1 Å². The maximum absolute atomic E-state index is 11.9. The molecule has 8 nitrogen and oxygen atoms in total. The van der Waals surface area contributed by atoms with Gasteiger partial charge in [-0.2, -0.15) is 0 Å². The lowest BCUT2D eigenvalue weighted by atomic mass is 10.3. The van der Waals surface area contributed by atoms with Gasteiger partial charge in [0.2, 0.25) is 10.0 Å². The van der Waals surface area contributed by atoms with Gasteiger partial charge in [0.25, 0.3) is 5.69 Å². The summed E-state index contributed by atoms with van der Waals surface area (Å²) < 4.78 is 37.0. The van der Waals surface area contributed by atoms with Crippen LogP contribution in [0.5, 0.6) is 0 Å². The van der Waals surface area contributed by atoms with Crippen LogP contribution in [0, 0.1) is 10.1 Å². The highest BCUT2D eigenvalue weighted by atomic mass is 32.2. The number of nitrogens with zero attached hydrogens (tertiary/aromatic N) is 1. The van der Waals surface area contributed by atoms with Crippen LogP contribution >= 0.6 is 0 Å². The lowest BCUT2D eigenvalue weighted by Gasteiger charge is -2.07. The van der Waals surface area contributed by atoms with Crippen molar-refractivity contribution in [1.29, 1.82) is 0 Å². The van der Waals surface area contributed by atoms with Gasteiger partial charge in [0.05, 0.1) is 9.82 Å². The zero-order chi connectivity index (χ0) is 15.3. The molecule has 1 aromatic carbocycles. The van der Waals surface area contributed by atoms with E-state index in [0.717, 1.165) is 18.2 Å². The molecular formula is C10H15N3O5S2. The standard InChI is InChI=1S/C10H15N3O5S2/c1-19(16)6-2-5-12-20(17,18)8-3-4-10(13(14)15)9(11)7-8/h3-4,7,12H,2,5-6,11H2,1H3. The minimum absolute atomic E-state index is 0.138. The van der Waals surface area contributed by atoms with Gasteiger partial charge in [-0.25, -0.2) is 13.1 Å². The largest absolute Gasteiger partial charge is 0.393 e. The molecule has 0 aliphatic rings. The van der Waals surface area contributed by atoms with E-state index in [9.17, 15) is 22.7 Å². The first kappa shape index (κ1) is 16.5. The second-order valence-corrected chi connectivity index (χ2v) is 7.33. The number of hydrogen-bond acceptors (Lipinski definition) is 6. The predicted molar refractivity (Wildman–Crippen MR) is 76.2 cm³/mol. The van der Waals surface area contributed by atoms with Crippen LogP contribution in [-0.2, 0) is 20.8 Å². The third-order valence-corrected chi connectivity index (χ3v) is 4.73. The molecule has 0 amide bonds. The number of nitrogens with one attached hydrogen (secondary N) is 1. The third kappa shape index (κ3) is 4.54.